The van der Waals surface area contributed by atoms with Gasteiger partial charge in [-0.05, 0) is 35.8 Å². The fourth-order valence-electron chi connectivity index (χ4n) is 3.14. The van der Waals surface area contributed by atoms with E-state index in [0.29, 0.717) is 0 Å². The fraction of sp³-hybridized carbons (Fsp3) is 0.0909. The van der Waals surface area contributed by atoms with E-state index >= 15 is 0 Å². The number of hydrogen-bond acceptors (Lipinski definition) is 2. The maximum atomic E-state index is 6.03. The Labute approximate surface area is 141 Å². The summed E-state index contributed by atoms with van der Waals surface area (Å²) in [5, 5.41) is 2.27. The minimum absolute atomic E-state index is 0.803. The minimum atomic E-state index is 0.803. The van der Waals surface area contributed by atoms with Crippen LogP contribution >= 0.6 is 0 Å². The van der Waals surface area contributed by atoms with Crippen LogP contribution in [0.4, 0.5) is 0 Å². The number of furan rings is 1. The molecule has 4 rings (SSSR count). The number of hydrogen-bond donors (Lipinski definition) is 0. The van der Waals surface area contributed by atoms with Crippen molar-refractivity contribution in [2.45, 2.75) is 6.92 Å². The van der Waals surface area contributed by atoms with Crippen LogP contribution in [0.25, 0.3) is 33.6 Å². The molecule has 0 aliphatic heterocycles. The van der Waals surface area contributed by atoms with Crippen molar-refractivity contribution in [3.63, 3.8) is 0 Å². The molecule has 1 aromatic heterocycles. The van der Waals surface area contributed by atoms with Crippen LogP contribution in [0.5, 0.6) is 5.75 Å². The predicted molar refractivity (Wildman–Crippen MR) is 100 cm³/mol. The van der Waals surface area contributed by atoms with Crippen molar-refractivity contribution in [2.24, 2.45) is 0 Å². The second-order valence-electron chi connectivity index (χ2n) is 5.88. The molecular weight excluding hydrogens is 296 g/mol. The monoisotopic (exact) mass is 314 g/mol. The molecule has 0 unspecified atom stereocenters. The zero-order chi connectivity index (χ0) is 16.5. The highest BCUT2D eigenvalue weighted by molar-refractivity contribution is 6.11. The molecule has 118 valence electrons. The number of rotatable bonds is 3. The van der Waals surface area contributed by atoms with E-state index in [1.54, 1.807) is 7.11 Å². The number of ether oxygens (including phenoxy) is 1. The van der Waals surface area contributed by atoms with Gasteiger partial charge in [-0.2, -0.15) is 0 Å². The van der Waals surface area contributed by atoms with E-state index in [4.69, 9.17) is 9.15 Å². The van der Waals surface area contributed by atoms with Gasteiger partial charge in [0.2, 0.25) is 0 Å². The molecule has 0 atom stereocenters. The van der Waals surface area contributed by atoms with Crippen molar-refractivity contribution in [1.82, 2.24) is 0 Å². The van der Waals surface area contributed by atoms with E-state index in [0.717, 1.165) is 33.3 Å². The smallest absolute Gasteiger partial charge is 0.139 e. The SMILES string of the molecule is COc1cc(/C(C)=C/c2ccccc2)c2c(c1)oc1ccccc12. The fourth-order valence-corrected chi connectivity index (χ4v) is 3.14. The Morgan fingerprint density at radius 1 is 0.917 bits per heavy atom. The summed E-state index contributed by atoms with van der Waals surface area (Å²) >= 11 is 0. The minimum Gasteiger partial charge on any atom is -0.497 e. The summed E-state index contributed by atoms with van der Waals surface area (Å²) in [5.74, 6) is 0.803. The van der Waals surface area contributed by atoms with E-state index in [1.165, 1.54) is 11.1 Å². The maximum Gasteiger partial charge on any atom is 0.139 e. The first-order valence-electron chi connectivity index (χ1n) is 7.99. The third-order valence-corrected chi connectivity index (χ3v) is 4.30. The highest BCUT2D eigenvalue weighted by atomic mass is 16.5. The molecule has 0 saturated heterocycles. The summed E-state index contributed by atoms with van der Waals surface area (Å²) in [5.41, 5.74) is 5.24. The van der Waals surface area contributed by atoms with Crippen LogP contribution in [-0.4, -0.2) is 7.11 Å². The van der Waals surface area contributed by atoms with Gasteiger partial charge < -0.3 is 9.15 Å². The normalized spacial score (nSPS) is 12.0. The molecule has 24 heavy (non-hydrogen) atoms. The average molecular weight is 314 g/mol. The van der Waals surface area contributed by atoms with Gasteiger partial charge in [-0.3, -0.25) is 0 Å². The largest absolute Gasteiger partial charge is 0.497 e. The van der Waals surface area contributed by atoms with Crippen LogP contribution in [0.15, 0.2) is 71.1 Å². The van der Waals surface area contributed by atoms with Gasteiger partial charge >= 0.3 is 0 Å². The first-order chi connectivity index (χ1) is 11.8. The van der Waals surface area contributed by atoms with Crippen molar-refractivity contribution in [2.75, 3.05) is 7.11 Å². The Balaban J connectivity index is 2.00. The first-order valence-corrected chi connectivity index (χ1v) is 7.99. The maximum absolute atomic E-state index is 6.03. The summed E-state index contributed by atoms with van der Waals surface area (Å²) < 4.78 is 11.5. The number of para-hydroxylation sites is 1. The Morgan fingerprint density at radius 2 is 1.67 bits per heavy atom. The molecule has 0 radical (unpaired) electrons. The number of benzene rings is 3. The molecular formula is C22H18O2. The second-order valence-corrected chi connectivity index (χ2v) is 5.88. The Hall–Kier alpha value is -3.00. The molecule has 2 nitrogen and oxygen atoms in total. The van der Waals surface area contributed by atoms with Crippen molar-refractivity contribution in [3.8, 4) is 5.75 Å². The molecule has 0 N–H and O–H groups in total. The Morgan fingerprint density at radius 3 is 2.46 bits per heavy atom. The van der Waals surface area contributed by atoms with Gasteiger partial charge in [0, 0.05) is 16.8 Å². The zero-order valence-electron chi connectivity index (χ0n) is 13.7. The summed E-state index contributed by atoms with van der Waals surface area (Å²) in [7, 11) is 1.68. The lowest BCUT2D eigenvalue weighted by Crippen LogP contribution is -1.87. The van der Waals surface area contributed by atoms with E-state index < -0.39 is 0 Å². The molecule has 0 fully saturated rings. The topological polar surface area (TPSA) is 22.4 Å². The van der Waals surface area contributed by atoms with Crippen LogP contribution in [0.2, 0.25) is 0 Å². The molecule has 0 aliphatic rings. The lowest BCUT2D eigenvalue weighted by molar-refractivity contribution is 0.414. The van der Waals surface area contributed by atoms with Gasteiger partial charge in [0.1, 0.15) is 16.9 Å². The Bertz CT molecular complexity index is 1040. The zero-order valence-corrected chi connectivity index (χ0v) is 13.7. The third-order valence-electron chi connectivity index (χ3n) is 4.30. The van der Waals surface area contributed by atoms with Gasteiger partial charge in [-0.1, -0.05) is 54.6 Å². The highest BCUT2D eigenvalue weighted by Gasteiger charge is 2.14. The average Bonchev–Trinajstić information content (AvgIpc) is 3.00. The van der Waals surface area contributed by atoms with Crippen molar-refractivity contribution < 1.29 is 9.15 Å². The lowest BCUT2D eigenvalue weighted by atomic mass is 9.98. The van der Waals surface area contributed by atoms with Crippen LogP contribution in [0.3, 0.4) is 0 Å². The third kappa shape index (κ3) is 2.46. The molecule has 0 spiro atoms. The van der Waals surface area contributed by atoms with Crippen molar-refractivity contribution in [3.05, 3.63) is 77.9 Å². The summed E-state index contributed by atoms with van der Waals surface area (Å²) in [6, 6.07) is 22.5. The van der Waals surface area contributed by atoms with Gasteiger partial charge in [0.15, 0.2) is 0 Å². The van der Waals surface area contributed by atoms with E-state index in [9.17, 15) is 0 Å². The Kier molecular flexibility index (Phi) is 3.58. The van der Waals surface area contributed by atoms with Crippen molar-refractivity contribution in [1.29, 1.82) is 0 Å². The summed E-state index contributed by atoms with van der Waals surface area (Å²) in [6.07, 6.45) is 2.19. The van der Waals surface area contributed by atoms with Gasteiger partial charge in [0.05, 0.1) is 7.11 Å². The molecule has 0 saturated carbocycles. The molecule has 0 bridgehead atoms. The lowest BCUT2D eigenvalue weighted by Gasteiger charge is -2.08. The van der Waals surface area contributed by atoms with Gasteiger partial charge in [0.25, 0.3) is 0 Å². The van der Waals surface area contributed by atoms with E-state index in [1.807, 2.05) is 42.5 Å². The first kappa shape index (κ1) is 14.6. The number of methoxy groups -OCH3 is 1. The van der Waals surface area contributed by atoms with Crippen LogP contribution < -0.4 is 4.74 Å². The second kappa shape index (κ2) is 5.89. The highest BCUT2D eigenvalue weighted by Crippen LogP contribution is 2.37. The van der Waals surface area contributed by atoms with E-state index in [2.05, 4.69) is 37.3 Å². The van der Waals surface area contributed by atoms with Gasteiger partial charge in [-0.15, -0.1) is 0 Å². The van der Waals surface area contributed by atoms with Crippen LogP contribution in [0.1, 0.15) is 18.1 Å². The molecule has 0 amide bonds. The quantitative estimate of drug-likeness (QED) is 0.423. The van der Waals surface area contributed by atoms with E-state index in [-0.39, 0.29) is 0 Å². The molecule has 3 aromatic carbocycles. The summed E-state index contributed by atoms with van der Waals surface area (Å²) in [4.78, 5) is 0. The van der Waals surface area contributed by atoms with Crippen LogP contribution in [-0.2, 0) is 0 Å². The molecule has 0 aliphatic carbocycles. The molecule has 1 heterocycles. The summed E-state index contributed by atoms with van der Waals surface area (Å²) in [6.45, 7) is 2.13. The molecule has 4 aromatic rings. The van der Waals surface area contributed by atoms with Crippen molar-refractivity contribution >= 4 is 33.6 Å². The van der Waals surface area contributed by atoms with Gasteiger partial charge in [-0.25, -0.2) is 0 Å². The van der Waals surface area contributed by atoms with Crippen LogP contribution in [0, 0.1) is 0 Å². The predicted octanol–water partition coefficient (Wildman–Crippen LogP) is 6.16. The molecule has 2 heteroatoms. The number of fused-ring (bicyclic) bond motifs is 3. The number of allylic oxidation sites excluding steroid dienone is 1. The standard InChI is InChI=1S/C22H18O2/c1-15(12-16-8-4-3-5-9-16)19-13-17(23-2)14-21-22(19)18-10-6-7-11-20(18)24-21/h3-14H,1-2H3/b15-12+.